The van der Waals surface area contributed by atoms with Crippen molar-refractivity contribution in [2.45, 2.75) is 12.5 Å². The van der Waals surface area contributed by atoms with Crippen LogP contribution in [0, 0.1) is 0 Å². The first-order valence-corrected chi connectivity index (χ1v) is 3.59. The number of hydrogen-bond donors (Lipinski definition) is 1. The Morgan fingerprint density at radius 3 is 3.17 bits per heavy atom. The van der Waals surface area contributed by atoms with Gasteiger partial charge in [0.15, 0.2) is 0 Å². The van der Waals surface area contributed by atoms with E-state index in [4.69, 9.17) is 4.42 Å². The minimum atomic E-state index is -0.683. The third-order valence-corrected chi connectivity index (χ3v) is 1.45. The van der Waals surface area contributed by atoms with E-state index in [1.54, 1.807) is 12.1 Å². The van der Waals surface area contributed by atoms with Gasteiger partial charge >= 0.3 is 0 Å². The van der Waals surface area contributed by atoms with E-state index in [-0.39, 0.29) is 6.54 Å². The van der Waals surface area contributed by atoms with Crippen LogP contribution in [0.1, 0.15) is 18.3 Å². The summed E-state index contributed by atoms with van der Waals surface area (Å²) in [5.74, 6) is 0.496. The van der Waals surface area contributed by atoms with E-state index in [1.807, 2.05) is 0 Å². The molecule has 1 atom stereocenters. The summed E-state index contributed by atoms with van der Waals surface area (Å²) in [6.07, 6.45) is 2.58. The summed E-state index contributed by atoms with van der Waals surface area (Å²) in [6.45, 7) is 0.269. The largest absolute Gasteiger partial charge is 0.467 e. The van der Waals surface area contributed by atoms with Crippen LogP contribution in [0.5, 0.6) is 0 Å². The van der Waals surface area contributed by atoms with E-state index in [0.717, 1.165) is 0 Å². The van der Waals surface area contributed by atoms with Gasteiger partial charge in [-0.1, -0.05) is 0 Å². The lowest BCUT2D eigenvalue weighted by Crippen LogP contribution is -1.97. The number of isocyanates is 1. The Kier molecular flexibility index (Phi) is 3.26. The smallest absolute Gasteiger partial charge is 0.234 e. The van der Waals surface area contributed by atoms with E-state index in [0.29, 0.717) is 12.2 Å². The highest BCUT2D eigenvalue weighted by Gasteiger charge is 2.08. The summed E-state index contributed by atoms with van der Waals surface area (Å²) in [7, 11) is 0. The summed E-state index contributed by atoms with van der Waals surface area (Å²) in [5, 5.41) is 9.35. The number of hydrogen-bond acceptors (Lipinski definition) is 4. The summed E-state index contributed by atoms with van der Waals surface area (Å²) in [4.78, 5) is 13.0. The fraction of sp³-hybridized carbons (Fsp3) is 0.375. The highest BCUT2D eigenvalue weighted by molar-refractivity contribution is 5.32. The molecule has 0 saturated carbocycles. The molecule has 0 aromatic carbocycles. The van der Waals surface area contributed by atoms with Crippen molar-refractivity contribution in [3.05, 3.63) is 24.2 Å². The Bertz CT molecular complexity index is 262. The lowest BCUT2D eigenvalue weighted by atomic mass is 10.2. The Balaban J connectivity index is 2.39. The van der Waals surface area contributed by atoms with Crippen LogP contribution >= 0.6 is 0 Å². The molecule has 1 heterocycles. The second-order valence-electron chi connectivity index (χ2n) is 2.29. The van der Waals surface area contributed by atoms with Crippen molar-refractivity contribution in [3.63, 3.8) is 0 Å². The van der Waals surface area contributed by atoms with Gasteiger partial charge in [0, 0.05) is 6.42 Å². The fourth-order valence-electron chi connectivity index (χ4n) is 0.856. The molecule has 0 spiro atoms. The lowest BCUT2D eigenvalue weighted by Gasteiger charge is -2.03. The van der Waals surface area contributed by atoms with E-state index in [9.17, 15) is 9.90 Å². The molecule has 0 bridgehead atoms. The molecule has 0 amide bonds. The molecular weight excluding hydrogens is 158 g/mol. The van der Waals surface area contributed by atoms with Gasteiger partial charge in [-0.3, -0.25) is 0 Å². The van der Waals surface area contributed by atoms with Gasteiger partial charge in [-0.2, -0.15) is 0 Å². The molecule has 0 aliphatic carbocycles. The number of nitrogens with zero attached hydrogens (tertiary/aromatic N) is 1. The summed E-state index contributed by atoms with van der Waals surface area (Å²) < 4.78 is 4.94. The van der Waals surface area contributed by atoms with E-state index in [2.05, 4.69) is 4.99 Å². The number of aliphatic imine (C=N–C) groups is 1. The van der Waals surface area contributed by atoms with Crippen LogP contribution in [0.4, 0.5) is 0 Å². The number of aliphatic hydroxyl groups excluding tert-OH is 1. The maximum absolute atomic E-state index is 9.68. The molecular formula is C8H9NO3. The van der Waals surface area contributed by atoms with Crippen LogP contribution in [0.25, 0.3) is 0 Å². The monoisotopic (exact) mass is 167 g/mol. The number of furan rings is 1. The zero-order valence-electron chi connectivity index (χ0n) is 6.43. The molecule has 1 aromatic rings. The molecule has 1 aromatic heterocycles. The zero-order valence-corrected chi connectivity index (χ0v) is 6.43. The van der Waals surface area contributed by atoms with Gasteiger partial charge in [-0.05, 0) is 12.1 Å². The maximum Gasteiger partial charge on any atom is 0.234 e. The molecule has 0 fully saturated rings. The van der Waals surface area contributed by atoms with E-state index >= 15 is 0 Å². The molecule has 4 nitrogen and oxygen atoms in total. The Hall–Kier alpha value is -1.38. The van der Waals surface area contributed by atoms with Crippen LogP contribution in [0.2, 0.25) is 0 Å². The SMILES string of the molecule is O=C=NCCC(O)c1ccco1. The Morgan fingerprint density at radius 1 is 1.75 bits per heavy atom. The number of aliphatic hydroxyl groups is 1. The minimum absolute atomic E-state index is 0.269. The highest BCUT2D eigenvalue weighted by atomic mass is 16.4. The van der Waals surface area contributed by atoms with Gasteiger partial charge in [-0.15, -0.1) is 0 Å². The van der Waals surface area contributed by atoms with Gasteiger partial charge in [0.1, 0.15) is 11.9 Å². The fourth-order valence-corrected chi connectivity index (χ4v) is 0.856. The quantitative estimate of drug-likeness (QED) is 0.538. The first kappa shape index (κ1) is 8.71. The Labute approximate surface area is 69.5 Å². The molecule has 1 N–H and O–H groups in total. The van der Waals surface area contributed by atoms with Crippen LogP contribution < -0.4 is 0 Å². The molecule has 64 valence electrons. The van der Waals surface area contributed by atoms with Crippen molar-refractivity contribution in [2.75, 3.05) is 6.54 Å². The van der Waals surface area contributed by atoms with Crippen LogP contribution in [-0.4, -0.2) is 17.7 Å². The van der Waals surface area contributed by atoms with Crippen LogP contribution in [0.3, 0.4) is 0 Å². The number of carbonyl (C=O) groups excluding carboxylic acids is 1. The molecule has 1 rings (SSSR count). The topological polar surface area (TPSA) is 62.8 Å². The standard InChI is InChI=1S/C8H9NO3/c10-6-9-4-3-7(11)8-2-1-5-12-8/h1-2,5,7,11H,3-4H2. The minimum Gasteiger partial charge on any atom is -0.467 e. The highest BCUT2D eigenvalue weighted by Crippen LogP contribution is 2.16. The average Bonchev–Trinajstić information content (AvgIpc) is 2.56. The van der Waals surface area contributed by atoms with Crippen LogP contribution in [0.15, 0.2) is 27.8 Å². The summed E-state index contributed by atoms with van der Waals surface area (Å²) >= 11 is 0. The average molecular weight is 167 g/mol. The maximum atomic E-state index is 9.68. The van der Waals surface area contributed by atoms with Crippen LogP contribution in [-0.2, 0) is 4.79 Å². The van der Waals surface area contributed by atoms with Crippen molar-refractivity contribution in [1.82, 2.24) is 0 Å². The van der Waals surface area contributed by atoms with Gasteiger partial charge < -0.3 is 9.52 Å². The molecule has 4 heteroatoms. The van der Waals surface area contributed by atoms with E-state index < -0.39 is 6.10 Å². The van der Waals surface area contributed by atoms with Crippen molar-refractivity contribution >= 4 is 6.08 Å². The molecule has 12 heavy (non-hydrogen) atoms. The zero-order chi connectivity index (χ0) is 8.81. The van der Waals surface area contributed by atoms with Crippen molar-refractivity contribution < 1.29 is 14.3 Å². The van der Waals surface area contributed by atoms with Gasteiger partial charge in [0.25, 0.3) is 0 Å². The molecule has 0 aliphatic heterocycles. The molecule has 1 unspecified atom stereocenters. The first-order chi connectivity index (χ1) is 5.84. The third-order valence-electron chi connectivity index (χ3n) is 1.45. The predicted molar refractivity (Wildman–Crippen MR) is 41.3 cm³/mol. The first-order valence-electron chi connectivity index (χ1n) is 3.59. The summed E-state index contributed by atoms with van der Waals surface area (Å²) in [5.41, 5.74) is 0. The third kappa shape index (κ3) is 2.34. The molecule has 0 saturated heterocycles. The van der Waals surface area contributed by atoms with Gasteiger partial charge in [0.05, 0.1) is 12.8 Å². The predicted octanol–water partition coefficient (Wildman–Crippen LogP) is 1.04. The van der Waals surface area contributed by atoms with Gasteiger partial charge in [0.2, 0.25) is 6.08 Å². The molecule has 0 radical (unpaired) electrons. The second kappa shape index (κ2) is 4.49. The Morgan fingerprint density at radius 2 is 2.58 bits per heavy atom. The number of rotatable bonds is 4. The van der Waals surface area contributed by atoms with Crippen molar-refractivity contribution in [2.24, 2.45) is 4.99 Å². The van der Waals surface area contributed by atoms with Gasteiger partial charge in [-0.25, -0.2) is 9.79 Å². The van der Waals surface area contributed by atoms with Crippen molar-refractivity contribution in [3.8, 4) is 0 Å². The summed E-state index contributed by atoms with van der Waals surface area (Å²) in [6, 6.07) is 3.37. The van der Waals surface area contributed by atoms with Crippen molar-refractivity contribution in [1.29, 1.82) is 0 Å². The lowest BCUT2D eigenvalue weighted by molar-refractivity contribution is 0.143. The second-order valence-corrected chi connectivity index (χ2v) is 2.29. The normalized spacial score (nSPS) is 12.1. The van der Waals surface area contributed by atoms with E-state index in [1.165, 1.54) is 12.3 Å². The molecule has 0 aliphatic rings.